The molecule has 1 atom stereocenters. The van der Waals surface area contributed by atoms with Gasteiger partial charge in [0.15, 0.2) is 0 Å². The van der Waals surface area contributed by atoms with Crippen LogP contribution in [0.1, 0.15) is 45.2 Å². The zero-order valence-corrected chi connectivity index (χ0v) is 13.5. The summed E-state index contributed by atoms with van der Waals surface area (Å²) < 4.78 is 5.88. The van der Waals surface area contributed by atoms with Crippen LogP contribution in [0.2, 0.25) is 0 Å². The Morgan fingerprint density at radius 1 is 1.20 bits per heavy atom. The first-order valence-corrected chi connectivity index (χ1v) is 7.83. The van der Waals surface area contributed by atoms with E-state index in [2.05, 4.69) is 43.9 Å². The van der Waals surface area contributed by atoms with Gasteiger partial charge in [0.1, 0.15) is 5.75 Å². The lowest BCUT2D eigenvalue weighted by Crippen LogP contribution is -2.23. The average molecular weight is 278 g/mol. The van der Waals surface area contributed by atoms with Crippen molar-refractivity contribution in [3.63, 3.8) is 0 Å². The van der Waals surface area contributed by atoms with E-state index in [0.717, 1.165) is 44.8 Å². The zero-order valence-electron chi connectivity index (χ0n) is 13.5. The van der Waals surface area contributed by atoms with Gasteiger partial charge in [0.2, 0.25) is 0 Å². The van der Waals surface area contributed by atoms with Crippen molar-refractivity contribution in [1.29, 1.82) is 0 Å². The van der Waals surface area contributed by atoms with Gasteiger partial charge in [-0.05, 0) is 44.5 Å². The van der Waals surface area contributed by atoms with Crippen LogP contribution < -0.4 is 10.5 Å². The van der Waals surface area contributed by atoms with Crippen molar-refractivity contribution in [2.75, 3.05) is 19.7 Å². The van der Waals surface area contributed by atoms with Gasteiger partial charge in [0.05, 0.1) is 6.61 Å². The first-order chi connectivity index (χ1) is 9.60. The Hall–Kier alpha value is -1.06. The Bertz CT molecular complexity index is 387. The summed E-state index contributed by atoms with van der Waals surface area (Å²) in [4.78, 5) is 2.41. The van der Waals surface area contributed by atoms with Crippen LogP contribution >= 0.6 is 0 Å². The van der Waals surface area contributed by atoms with Crippen molar-refractivity contribution in [1.82, 2.24) is 4.90 Å². The summed E-state index contributed by atoms with van der Waals surface area (Å²) in [7, 11) is 0. The minimum Gasteiger partial charge on any atom is -0.493 e. The predicted molar refractivity (Wildman–Crippen MR) is 86.2 cm³/mol. The predicted octanol–water partition coefficient (Wildman–Crippen LogP) is 3.21. The molecule has 114 valence electrons. The third-order valence-corrected chi connectivity index (χ3v) is 3.43. The molecule has 20 heavy (non-hydrogen) atoms. The highest BCUT2D eigenvalue weighted by Crippen LogP contribution is 2.23. The fourth-order valence-corrected chi connectivity index (χ4v) is 2.30. The summed E-state index contributed by atoms with van der Waals surface area (Å²) in [5.74, 6) is 1.02. The second-order valence-corrected chi connectivity index (χ2v) is 5.43. The molecule has 0 amide bonds. The summed E-state index contributed by atoms with van der Waals surface area (Å²) in [5, 5.41) is 0. The molecule has 0 saturated carbocycles. The molecule has 0 fully saturated rings. The van der Waals surface area contributed by atoms with E-state index in [0.29, 0.717) is 0 Å². The third-order valence-electron chi connectivity index (χ3n) is 3.43. The standard InChI is InChI=1S/C17H30N2O/c1-5-10-20-17-9-8-15(11-14(4)18)12-16(17)13-19(6-2)7-3/h8-9,12,14H,5-7,10-11,13,18H2,1-4H3. The number of nitrogens with two attached hydrogens (primary N) is 1. The van der Waals surface area contributed by atoms with E-state index in [4.69, 9.17) is 10.5 Å². The van der Waals surface area contributed by atoms with Crippen LogP contribution in [0.4, 0.5) is 0 Å². The van der Waals surface area contributed by atoms with Crippen molar-refractivity contribution >= 4 is 0 Å². The van der Waals surface area contributed by atoms with Crippen LogP contribution in [0, 0.1) is 0 Å². The number of ether oxygens (including phenoxy) is 1. The Balaban J connectivity index is 2.92. The Labute approximate surface area is 124 Å². The van der Waals surface area contributed by atoms with Crippen molar-refractivity contribution in [3.05, 3.63) is 29.3 Å². The highest BCUT2D eigenvalue weighted by molar-refractivity contribution is 5.37. The molecular formula is C17H30N2O. The van der Waals surface area contributed by atoms with E-state index in [1.54, 1.807) is 0 Å². The first-order valence-electron chi connectivity index (χ1n) is 7.83. The second-order valence-electron chi connectivity index (χ2n) is 5.43. The van der Waals surface area contributed by atoms with E-state index in [1.807, 2.05) is 6.92 Å². The zero-order chi connectivity index (χ0) is 15.0. The molecule has 0 aliphatic rings. The van der Waals surface area contributed by atoms with Crippen LogP contribution in [-0.4, -0.2) is 30.6 Å². The van der Waals surface area contributed by atoms with E-state index in [9.17, 15) is 0 Å². The minimum atomic E-state index is 0.193. The normalized spacial score (nSPS) is 12.7. The summed E-state index contributed by atoms with van der Waals surface area (Å²) in [6.45, 7) is 12.4. The second kappa shape index (κ2) is 8.98. The quantitative estimate of drug-likeness (QED) is 0.754. The molecule has 1 rings (SSSR count). The summed E-state index contributed by atoms with van der Waals surface area (Å²) >= 11 is 0. The van der Waals surface area contributed by atoms with Crippen LogP contribution in [0.15, 0.2) is 18.2 Å². The van der Waals surface area contributed by atoms with Crippen molar-refractivity contribution in [2.24, 2.45) is 5.73 Å². The molecule has 0 heterocycles. The molecule has 1 aromatic carbocycles. The molecule has 3 heteroatoms. The largest absolute Gasteiger partial charge is 0.493 e. The SMILES string of the molecule is CCCOc1ccc(CC(C)N)cc1CN(CC)CC. The van der Waals surface area contributed by atoms with Crippen LogP contribution in [0.5, 0.6) is 5.75 Å². The Morgan fingerprint density at radius 2 is 1.90 bits per heavy atom. The first kappa shape index (κ1) is 17.0. The van der Waals surface area contributed by atoms with Gasteiger partial charge in [-0.25, -0.2) is 0 Å². The van der Waals surface area contributed by atoms with E-state index >= 15 is 0 Å². The molecular weight excluding hydrogens is 248 g/mol. The lowest BCUT2D eigenvalue weighted by atomic mass is 10.0. The van der Waals surface area contributed by atoms with E-state index in [-0.39, 0.29) is 6.04 Å². The van der Waals surface area contributed by atoms with Crippen molar-refractivity contribution < 1.29 is 4.74 Å². The highest BCUT2D eigenvalue weighted by atomic mass is 16.5. The van der Waals surface area contributed by atoms with Gasteiger partial charge in [-0.2, -0.15) is 0 Å². The highest BCUT2D eigenvalue weighted by Gasteiger charge is 2.10. The maximum Gasteiger partial charge on any atom is 0.123 e. The van der Waals surface area contributed by atoms with Gasteiger partial charge < -0.3 is 10.5 Å². The Kier molecular flexibility index (Phi) is 7.63. The summed E-state index contributed by atoms with van der Waals surface area (Å²) in [6, 6.07) is 6.69. The van der Waals surface area contributed by atoms with Crippen molar-refractivity contribution in [2.45, 2.75) is 53.1 Å². The van der Waals surface area contributed by atoms with Gasteiger partial charge >= 0.3 is 0 Å². The maximum absolute atomic E-state index is 5.90. The van der Waals surface area contributed by atoms with Gasteiger partial charge in [-0.15, -0.1) is 0 Å². The molecule has 1 unspecified atom stereocenters. The molecule has 0 bridgehead atoms. The maximum atomic E-state index is 5.90. The number of rotatable bonds is 9. The molecule has 0 radical (unpaired) electrons. The number of benzene rings is 1. The van der Waals surface area contributed by atoms with Gasteiger partial charge in [-0.1, -0.05) is 32.9 Å². The number of nitrogens with zero attached hydrogens (tertiary/aromatic N) is 1. The smallest absolute Gasteiger partial charge is 0.123 e. The monoisotopic (exact) mass is 278 g/mol. The van der Waals surface area contributed by atoms with Gasteiger partial charge in [0.25, 0.3) is 0 Å². The van der Waals surface area contributed by atoms with E-state index in [1.165, 1.54) is 11.1 Å². The third kappa shape index (κ3) is 5.51. The summed E-state index contributed by atoms with van der Waals surface area (Å²) in [5.41, 5.74) is 8.48. The van der Waals surface area contributed by atoms with E-state index < -0.39 is 0 Å². The lowest BCUT2D eigenvalue weighted by Gasteiger charge is -2.21. The molecule has 1 aromatic rings. The molecule has 0 aliphatic carbocycles. The van der Waals surface area contributed by atoms with Crippen molar-refractivity contribution in [3.8, 4) is 5.75 Å². The van der Waals surface area contributed by atoms with Crippen LogP contribution in [0.25, 0.3) is 0 Å². The molecule has 0 aliphatic heterocycles. The molecule has 0 saturated heterocycles. The van der Waals surface area contributed by atoms with Crippen LogP contribution in [-0.2, 0) is 13.0 Å². The number of hydrogen-bond acceptors (Lipinski definition) is 3. The fourth-order valence-electron chi connectivity index (χ4n) is 2.30. The Morgan fingerprint density at radius 3 is 2.45 bits per heavy atom. The fraction of sp³-hybridized carbons (Fsp3) is 0.647. The van der Waals surface area contributed by atoms with Gasteiger partial charge in [-0.3, -0.25) is 4.90 Å². The molecule has 3 nitrogen and oxygen atoms in total. The molecule has 0 spiro atoms. The average Bonchev–Trinajstić information content (AvgIpc) is 2.43. The number of hydrogen-bond donors (Lipinski definition) is 1. The molecule has 0 aromatic heterocycles. The summed E-state index contributed by atoms with van der Waals surface area (Å²) in [6.07, 6.45) is 1.95. The molecule has 2 N–H and O–H groups in total. The van der Waals surface area contributed by atoms with Gasteiger partial charge in [0, 0.05) is 18.2 Å². The minimum absolute atomic E-state index is 0.193. The topological polar surface area (TPSA) is 38.5 Å². The van der Waals surface area contributed by atoms with Crippen LogP contribution in [0.3, 0.4) is 0 Å². The lowest BCUT2D eigenvalue weighted by molar-refractivity contribution is 0.276.